The Morgan fingerprint density at radius 2 is 2.22 bits per heavy atom. The number of hydrogen-bond donors (Lipinski definition) is 2. The zero-order valence-corrected chi connectivity index (χ0v) is 11.3. The number of likely N-dealkylation sites (tertiary alicyclic amines) is 1. The second-order valence-corrected chi connectivity index (χ2v) is 5.17. The van der Waals surface area contributed by atoms with E-state index in [1.165, 1.54) is 0 Å². The average molecular weight is 275 g/mol. The van der Waals surface area contributed by atoms with Crippen LogP contribution in [0.1, 0.15) is 26.2 Å². The monoisotopic (exact) mass is 274 g/mol. The molecule has 1 fully saturated rings. The van der Waals surface area contributed by atoms with Crippen LogP contribution in [0.5, 0.6) is 0 Å². The molecule has 0 saturated carbocycles. The van der Waals surface area contributed by atoms with Crippen molar-refractivity contribution in [2.45, 2.75) is 26.2 Å². The number of piperidine rings is 1. The minimum absolute atomic E-state index is 0.198. The highest BCUT2D eigenvalue weighted by Gasteiger charge is 2.42. The molecule has 0 spiro atoms. The van der Waals surface area contributed by atoms with Crippen LogP contribution in [0, 0.1) is 5.41 Å². The molecule has 0 aliphatic carbocycles. The number of nitrogens with zero attached hydrogens (tertiary/aromatic N) is 1. The number of halogens is 1. The van der Waals surface area contributed by atoms with Crippen molar-refractivity contribution in [3.8, 4) is 0 Å². The minimum Gasteiger partial charge on any atom is -0.481 e. The van der Waals surface area contributed by atoms with Gasteiger partial charge in [-0.25, -0.2) is 4.79 Å². The number of rotatable bonds is 4. The molecular formula is C12H19ClN2O3. The molecule has 1 aliphatic rings. The fraction of sp³-hybridized carbons (Fsp3) is 0.667. The lowest BCUT2D eigenvalue weighted by Crippen LogP contribution is -2.52. The van der Waals surface area contributed by atoms with E-state index >= 15 is 0 Å². The van der Waals surface area contributed by atoms with Crippen LogP contribution >= 0.6 is 11.6 Å². The zero-order valence-electron chi connectivity index (χ0n) is 10.5. The van der Waals surface area contributed by atoms with Crippen LogP contribution in [0.25, 0.3) is 0 Å². The minimum atomic E-state index is -0.829. The number of aliphatic carboxylic acids is 1. The standard InChI is InChI=1S/C12H19ClN2O3/c1-3-12(10(16)17)5-4-6-15(8-12)11(18)14-7-9(2)13/h2-8H2,1H3,(H,14,18)(H,16,17). The van der Waals surface area contributed by atoms with Gasteiger partial charge >= 0.3 is 12.0 Å². The van der Waals surface area contributed by atoms with Gasteiger partial charge in [-0.15, -0.1) is 0 Å². The van der Waals surface area contributed by atoms with Crippen molar-refractivity contribution < 1.29 is 14.7 Å². The second-order valence-electron chi connectivity index (χ2n) is 4.64. The van der Waals surface area contributed by atoms with E-state index in [2.05, 4.69) is 11.9 Å². The van der Waals surface area contributed by atoms with E-state index in [4.69, 9.17) is 11.6 Å². The number of carbonyl (C=O) groups excluding carboxylic acids is 1. The maximum atomic E-state index is 11.9. The van der Waals surface area contributed by atoms with Crippen molar-refractivity contribution in [1.29, 1.82) is 0 Å². The van der Waals surface area contributed by atoms with E-state index in [1.54, 1.807) is 4.90 Å². The smallest absolute Gasteiger partial charge is 0.317 e. The van der Waals surface area contributed by atoms with Crippen LogP contribution in [-0.2, 0) is 4.79 Å². The van der Waals surface area contributed by atoms with E-state index in [-0.39, 0.29) is 19.1 Å². The molecule has 1 aliphatic heterocycles. The van der Waals surface area contributed by atoms with Crippen LogP contribution in [0.2, 0.25) is 0 Å². The van der Waals surface area contributed by atoms with Crippen LogP contribution < -0.4 is 5.32 Å². The molecule has 2 amide bonds. The average Bonchev–Trinajstić information content (AvgIpc) is 2.35. The van der Waals surface area contributed by atoms with E-state index in [0.29, 0.717) is 30.8 Å². The Kier molecular flexibility index (Phi) is 5.02. The summed E-state index contributed by atoms with van der Waals surface area (Å²) in [6, 6.07) is -0.282. The molecule has 102 valence electrons. The van der Waals surface area contributed by atoms with Crippen molar-refractivity contribution >= 4 is 23.6 Å². The summed E-state index contributed by atoms with van der Waals surface area (Å²) in [5.74, 6) is -0.829. The molecule has 1 heterocycles. The molecule has 5 nitrogen and oxygen atoms in total. The summed E-state index contributed by atoms with van der Waals surface area (Å²) in [4.78, 5) is 24.7. The fourth-order valence-corrected chi connectivity index (χ4v) is 2.27. The number of urea groups is 1. The summed E-state index contributed by atoms with van der Waals surface area (Å²) in [7, 11) is 0. The lowest BCUT2D eigenvalue weighted by Gasteiger charge is -2.39. The van der Waals surface area contributed by atoms with Crippen LogP contribution in [0.3, 0.4) is 0 Å². The van der Waals surface area contributed by atoms with Crippen LogP contribution in [0.15, 0.2) is 11.6 Å². The van der Waals surface area contributed by atoms with Crippen LogP contribution in [-0.4, -0.2) is 41.6 Å². The SMILES string of the molecule is C=C(Cl)CNC(=O)N1CCCC(CC)(C(=O)O)C1. The van der Waals surface area contributed by atoms with Gasteiger partial charge in [-0.3, -0.25) is 4.79 Å². The molecule has 1 atom stereocenters. The van der Waals surface area contributed by atoms with Gasteiger partial charge in [-0.1, -0.05) is 25.1 Å². The molecule has 6 heteroatoms. The number of amides is 2. The molecule has 1 saturated heterocycles. The van der Waals surface area contributed by atoms with Gasteiger partial charge in [0.15, 0.2) is 0 Å². The number of carboxylic acids is 1. The van der Waals surface area contributed by atoms with Gasteiger partial charge in [0.05, 0.1) is 12.0 Å². The Balaban J connectivity index is 2.65. The van der Waals surface area contributed by atoms with Gasteiger partial charge in [0.25, 0.3) is 0 Å². The van der Waals surface area contributed by atoms with E-state index in [0.717, 1.165) is 0 Å². The molecular weight excluding hydrogens is 256 g/mol. The Morgan fingerprint density at radius 1 is 1.56 bits per heavy atom. The molecule has 0 aromatic heterocycles. The first kappa shape index (κ1) is 14.8. The Hall–Kier alpha value is -1.23. The number of carbonyl (C=O) groups is 2. The number of carboxylic acid groups (broad SMARTS) is 1. The summed E-state index contributed by atoms with van der Waals surface area (Å²) in [5.41, 5.74) is -0.812. The highest BCUT2D eigenvalue weighted by Crippen LogP contribution is 2.33. The van der Waals surface area contributed by atoms with Crippen molar-refractivity contribution in [1.82, 2.24) is 10.2 Å². The van der Waals surface area contributed by atoms with Crippen molar-refractivity contribution in [3.63, 3.8) is 0 Å². The quantitative estimate of drug-likeness (QED) is 0.824. The predicted octanol–water partition coefficient (Wildman–Crippen LogP) is 2.03. The highest BCUT2D eigenvalue weighted by atomic mass is 35.5. The number of nitrogens with one attached hydrogen (secondary N) is 1. The predicted molar refractivity (Wildman–Crippen MR) is 69.6 cm³/mol. The molecule has 0 bridgehead atoms. The van der Waals surface area contributed by atoms with Crippen LogP contribution in [0.4, 0.5) is 4.79 Å². The van der Waals surface area contributed by atoms with Crippen molar-refractivity contribution in [2.24, 2.45) is 5.41 Å². The van der Waals surface area contributed by atoms with E-state index in [9.17, 15) is 14.7 Å². The molecule has 0 radical (unpaired) electrons. The lowest BCUT2D eigenvalue weighted by atomic mass is 9.78. The van der Waals surface area contributed by atoms with E-state index < -0.39 is 11.4 Å². The third-order valence-corrected chi connectivity index (χ3v) is 3.56. The largest absolute Gasteiger partial charge is 0.481 e. The molecule has 2 N–H and O–H groups in total. The fourth-order valence-electron chi connectivity index (χ4n) is 2.20. The first-order valence-corrected chi connectivity index (χ1v) is 6.38. The summed E-state index contributed by atoms with van der Waals surface area (Å²) in [6.07, 6.45) is 1.84. The van der Waals surface area contributed by atoms with E-state index in [1.807, 2.05) is 6.92 Å². The lowest BCUT2D eigenvalue weighted by molar-refractivity contribution is -0.152. The Morgan fingerprint density at radius 3 is 2.72 bits per heavy atom. The van der Waals surface area contributed by atoms with Gasteiger partial charge in [-0.2, -0.15) is 0 Å². The second kappa shape index (κ2) is 6.09. The highest BCUT2D eigenvalue weighted by molar-refractivity contribution is 6.29. The van der Waals surface area contributed by atoms with Gasteiger partial charge in [-0.05, 0) is 19.3 Å². The van der Waals surface area contributed by atoms with Crippen molar-refractivity contribution in [3.05, 3.63) is 11.6 Å². The van der Waals surface area contributed by atoms with Gasteiger partial charge < -0.3 is 15.3 Å². The molecule has 0 aromatic carbocycles. The van der Waals surface area contributed by atoms with Gasteiger partial charge in [0, 0.05) is 18.1 Å². The number of hydrogen-bond acceptors (Lipinski definition) is 2. The maximum Gasteiger partial charge on any atom is 0.317 e. The summed E-state index contributed by atoms with van der Waals surface area (Å²) in [6.45, 7) is 6.35. The van der Waals surface area contributed by atoms with Gasteiger partial charge in [0.1, 0.15) is 0 Å². The third kappa shape index (κ3) is 3.38. The maximum absolute atomic E-state index is 11.9. The third-order valence-electron chi connectivity index (χ3n) is 3.43. The summed E-state index contributed by atoms with van der Waals surface area (Å²) < 4.78 is 0. The molecule has 1 rings (SSSR count). The summed E-state index contributed by atoms with van der Waals surface area (Å²) in [5, 5.41) is 12.3. The Bertz CT molecular complexity index is 359. The topological polar surface area (TPSA) is 69.6 Å². The first-order valence-electron chi connectivity index (χ1n) is 6.01. The molecule has 18 heavy (non-hydrogen) atoms. The van der Waals surface area contributed by atoms with Crippen molar-refractivity contribution in [2.75, 3.05) is 19.6 Å². The molecule has 1 unspecified atom stereocenters. The first-order chi connectivity index (χ1) is 8.41. The summed E-state index contributed by atoms with van der Waals surface area (Å²) >= 11 is 5.57. The normalized spacial score (nSPS) is 23.6. The van der Waals surface area contributed by atoms with Gasteiger partial charge in [0.2, 0.25) is 0 Å². The zero-order chi connectivity index (χ0) is 13.8. The Labute approximate surface area is 112 Å². The molecule has 0 aromatic rings.